The van der Waals surface area contributed by atoms with Gasteiger partial charge in [0.05, 0.1) is 11.7 Å². The van der Waals surface area contributed by atoms with Crippen LogP contribution in [-0.4, -0.2) is 35.7 Å². The van der Waals surface area contributed by atoms with Crippen molar-refractivity contribution in [3.05, 3.63) is 0 Å². The molecular weight excluding hydrogens is 162 g/mol. The van der Waals surface area contributed by atoms with Gasteiger partial charge in [0.1, 0.15) is 0 Å². The van der Waals surface area contributed by atoms with Gasteiger partial charge in [0, 0.05) is 19.1 Å². The molecule has 2 atom stereocenters. The van der Waals surface area contributed by atoms with E-state index in [4.69, 9.17) is 4.74 Å². The molecule has 1 fully saturated rings. The summed E-state index contributed by atoms with van der Waals surface area (Å²) in [4.78, 5) is 2.54. The van der Waals surface area contributed by atoms with E-state index in [-0.39, 0.29) is 5.60 Å². The molecule has 13 heavy (non-hydrogen) atoms. The van der Waals surface area contributed by atoms with Gasteiger partial charge < -0.3 is 4.74 Å². The first-order valence-corrected chi connectivity index (χ1v) is 5.36. The van der Waals surface area contributed by atoms with E-state index in [0.717, 1.165) is 13.1 Å². The molecule has 0 saturated carbocycles. The number of rotatable bonds is 2. The second kappa shape index (κ2) is 3.97. The number of hydrogen-bond acceptors (Lipinski definition) is 2. The number of morpholine rings is 1. The molecule has 1 saturated heterocycles. The van der Waals surface area contributed by atoms with Gasteiger partial charge in [-0.2, -0.15) is 0 Å². The van der Waals surface area contributed by atoms with E-state index in [9.17, 15) is 0 Å². The van der Waals surface area contributed by atoms with E-state index in [0.29, 0.717) is 12.1 Å². The van der Waals surface area contributed by atoms with Gasteiger partial charge in [-0.3, -0.25) is 4.90 Å². The molecule has 1 aliphatic heterocycles. The Balaban J connectivity index is 2.57. The van der Waals surface area contributed by atoms with Crippen LogP contribution in [0.25, 0.3) is 0 Å². The van der Waals surface area contributed by atoms with Crippen LogP contribution < -0.4 is 0 Å². The van der Waals surface area contributed by atoms with Gasteiger partial charge in [-0.05, 0) is 34.1 Å². The van der Waals surface area contributed by atoms with Crippen molar-refractivity contribution < 1.29 is 4.74 Å². The first-order valence-electron chi connectivity index (χ1n) is 5.36. The third-order valence-electron chi connectivity index (χ3n) is 2.81. The van der Waals surface area contributed by atoms with Crippen LogP contribution >= 0.6 is 0 Å². The highest BCUT2D eigenvalue weighted by Gasteiger charge is 2.32. The third kappa shape index (κ3) is 2.96. The zero-order valence-corrected chi connectivity index (χ0v) is 9.63. The summed E-state index contributed by atoms with van der Waals surface area (Å²) < 4.78 is 5.86. The van der Waals surface area contributed by atoms with Crippen LogP contribution in [0.3, 0.4) is 0 Å². The highest BCUT2D eigenvalue weighted by atomic mass is 16.5. The normalized spacial score (nSPS) is 31.6. The highest BCUT2D eigenvalue weighted by Crippen LogP contribution is 2.22. The summed E-state index contributed by atoms with van der Waals surface area (Å²) >= 11 is 0. The van der Waals surface area contributed by atoms with E-state index >= 15 is 0 Å². The summed E-state index contributed by atoms with van der Waals surface area (Å²) in [5.74, 6) is 0. The topological polar surface area (TPSA) is 12.5 Å². The maximum atomic E-state index is 5.86. The molecule has 0 radical (unpaired) electrons. The Labute approximate surface area is 82.3 Å². The van der Waals surface area contributed by atoms with Crippen molar-refractivity contribution in [2.45, 2.75) is 58.8 Å². The van der Waals surface area contributed by atoms with Crippen LogP contribution in [0.15, 0.2) is 0 Å². The van der Waals surface area contributed by atoms with Crippen molar-refractivity contribution in [1.29, 1.82) is 0 Å². The average Bonchev–Trinajstić information content (AvgIpc) is 1.99. The van der Waals surface area contributed by atoms with Gasteiger partial charge in [0.15, 0.2) is 0 Å². The van der Waals surface area contributed by atoms with Crippen molar-refractivity contribution in [2.24, 2.45) is 0 Å². The Morgan fingerprint density at radius 1 is 1.54 bits per heavy atom. The maximum Gasteiger partial charge on any atom is 0.0757 e. The zero-order valence-electron chi connectivity index (χ0n) is 9.63. The maximum absolute atomic E-state index is 5.86. The van der Waals surface area contributed by atoms with Crippen molar-refractivity contribution >= 4 is 0 Å². The lowest BCUT2D eigenvalue weighted by Gasteiger charge is -2.44. The van der Waals surface area contributed by atoms with Gasteiger partial charge >= 0.3 is 0 Å². The van der Waals surface area contributed by atoms with Gasteiger partial charge in [0.25, 0.3) is 0 Å². The van der Waals surface area contributed by atoms with Gasteiger partial charge in [-0.1, -0.05) is 6.92 Å². The summed E-state index contributed by atoms with van der Waals surface area (Å²) in [7, 11) is 0. The molecule has 1 aliphatic rings. The molecule has 1 heterocycles. The Bertz CT molecular complexity index is 167. The lowest BCUT2D eigenvalue weighted by molar-refractivity contribution is -0.136. The van der Waals surface area contributed by atoms with E-state index < -0.39 is 0 Å². The molecule has 2 unspecified atom stereocenters. The first-order chi connectivity index (χ1) is 5.94. The van der Waals surface area contributed by atoms with Crippen LogP contribution in [0.2, 0.25) is 0 Å². The quantitative estimate of drug-likeness (QED) is 0.654. The Morgan fingerprint density at radius 3 is 2.62 bits per heavy atom. The van der Waals surface area contributed by atoms with Crippen molar-refractivity contribution in [1.82, 2.24) is 4.90 Å². The minimum Gasteiger partial charge on any atom is -0.370 e. The van der Waals surface area contributed by atoms with E-state index in [2.05, 4.69) is 39.5 Å². The molecule has 0 aromatic rings. The van der Waals surface area contributed by atoms with E-state index in [1.165, 1.54) is 6.42 Å². The smallest absolute Gasteiger partial charge is 0.0757 e. The molecular formula is C11H23NO. The van der Waals surface area contributed by atoms with Crippen LogP contribution in [0.1, 0.15) is 41.0 Å². The molecule has 1 rings (SSSR count). The number of hydrogen-bond donors (Lipinski definition) is 0. The molecule has 0 spiro atoms. The van der Waals surface area contributed by atoms with Gasteiger partial charge in [0.2, 0.25) is 0 Å². The Kier molecular flexibility index (Phi) is 3.36. The van der Waals surface area contributed by atoms with Crippen molar-refractivity contribution in [3.8, 4) is 0 Å². The Hall–Kier alpha value is -0.0800. The molecule has 0 aliphatic carbocycles. The number of nitrogens with zero attached hydrogens (tertiary/aromatic N) is 1. The van der Waals surface area contributed by atoms with Crippen LogP contribution in [0.4, 0.5) is 0 Å². The van der Waals surface area contributed by atoms with Crippen molar-refractivity contribution in [2.75, 3.05) is 13.1 Å². The molecule has 0 amide bonds. The number of ether oxygens (including phenoxy) is 1. The molecule has 0 aromatic carbocycles. The largest absolute Gasteiger partial charge is 0.370 e. The minimum atomic E-state index is 0.0289. The summed E-state index contributed by atoms with van der Waals surface area (Å²) in [5, 5.41) is 0. The standard InChI is InChI=1S/C11H23NO/c1-6-9(2)12-7-10(3)13-11(4,5)8-12/h9-10H,6-8H2,1-5H3. The third-order valence-corrected chi connectivity index (χ3v) is 2.81. The molecule has 2 heteroatoms. The molecule has 0 aromatic heterocycles. The fraction of sp³-hybridized carbons (Fsp3) is 1.00. The SMILES string of the molecule is CCC(C)N1CC(C)OC(C)(C)C1. The van der Waals surface area contributed by atoms with Crippen LogP contribution in [0.5, 0.6) is 0 Å². The minimum absolute atomic E-state index is 0.0289. The lowest BCUT2D eigenvalue weighted by atomic mass is 10.0. The van der Waals surface area contributed by atoms with Crippen LogP contribution in [-0.2, 0) is 4.74 Å². The predicted molar refractivity (Wildman–Crippen MR) is 56.0 cm³/mol. The van der Waals surface area contributed by atoms with E-state index in [1.807, 2.05) is 0 Å². The second-order valence-electron chi connectivity index (χ2n) is 4.87. The monoisotopic (exact) mass is 185 g/mol. The average molecular weight is 185 g/mol. The van der Waals surface area contributed by atoms with Gasteiger partial charge in [-0.25, -0.2) is 0 Å². The summed E-state index contributed by atoms with van der Waals surface area (Å²) in [6, 6.07) is 0.686. The van der Waals surface area contributed by atoms with Crippen LogP contribution in [0, 0.1) is 0 Å². The van der Waals surface area contributed by atoms with Gasteiger partial charge in [-0.15, -0.1) is 0 Å². The molecule has 0 N–H and O–H groups in total. The predicted octanol–water partition coefficient (Wildman–Crippen LogP) is 2.28. The van der Waals surface area contributed by atoms with Crippen molar-refractivity contribution in [3.63, 3.8) is 0 Å². The fourth-order valence-corrected chi connectivity index (χ4v) is 2.10. The molecule has 78 valence electrons. The first kappa shape index (κ1) is 11.0. The summed E-state index contributed by atoms with van der Waals surface area (Å²) in [5.41, 5.74) is 0.0289. The molecule has 0 bridgehead atoms. The molecule has 2 nitrogen and oxygen atoms in total. The summed E-state index contributed by atoms with van der Waals surface area (Å²) in [6.45, 7) is 13.2. The lowest BCUT2D eigenvalue weighted by Crippen LogP contribution is -2.54. The fourth-order valence-electron chi connectivity index (χ4n) is 2.10. The summed E-state index contributed by atoms with van der Waals surface area (Å²) in [6.07, 6.45) is 1.60. The highest BCUT2D eigenvalue weighted by molar-refractivity contribution is 4.84. The zero-order chi connectivity index (χ0) is 10.1. The van der Waals surface area contributed by atoms with E-state index in [1.54, 1.807) is 0 Å². The Morgan fingerprint density at radius 2 is 2.15 bits per heavy atom. The second-order valence-corrected chi connectivity index (χ2v) is 4.87.